The van der Waals surface area contributed by atoms with Crippen molar-refractivity contribution < 1.29 is 9.53 Å². The Morgan fingerprint density at radius 1 is 1.37 bits per heavy atom. The highest BCUT2D eigenvalue weighted by molar-refractivity contribution is 9.10. The average molecular weight is 342 g/mol. The number of hydrogen-bond donors (Lipinski definition) is 1. The van der Waals surface area contributed by atoms with E-state index in [1.165, 1.54) is 18.4 Å². The van der Waals surface area contributed by atoms with E-state index in [0.717, 1.165) is 4.47 Å². The van der Waals surface area contributed by atoms with Crippen molar-refractivity contribution in [3.8, 4) is 6.01 Å². The highest BCUT2D eigenvalue weighted by atomic mass is 79.9. The Kier molecular flexibility index (Phi) is 4.16. The maximum Gasteiger partial charge on any atom is 0.316 e. The number of hydrogen-bond acceptors (Lipinski definition) is 5. The number of nitrogens with one attached hydrogen (secondary N) is 1. The lowest BCUT2D eigenvalue weighted by Gasteiger charge is -2.10. The quantitative estimate of drug-likeness (QED) is 0.931. The number of halogens is 1. The third-order valence-corrected chi connectivity index (χ3v) is 4.15. The van der Waals surface area contributed by atoms with Crippen LogP contribution in [0.4, 0.5) is 5.69 Å². The van der Waals surface area contributed by atoms with Gasteiger partial charge < -0.3 is 10.1 Å². The molecule has 0 fully saturated rings. The summed E-state index contributed by atoms with van der Waals surface area (Å²) >= 11 is 4.69. The lowest BCUT2D eigenvalue weighted by molar-refractivity contribution is 0.103. The standard InChI is InChI=1S/C12H12BrN3O2S/c1-6-10(7(2)15-12(14-6)18-3)16-11(17)9-4-8(13)5-19-9/h4-5H,1-3H3,(H,16,17). The summed E-state index contributed by atoms with van der Waals surface area (Å²) in [7, 11) is 1.51. The van der Waals surface area contributed by atoms with Crippen LogP contribution in [0.15, 0.2) is 15.9 Å². The van der Waals surface area contributed by atoms with Gasteiger partial charge in [0.25, 0.3) is 5.91 Å². The maximum atomic E-state index is 12.1. The summed E-state index contributed by atoms with van der Waals surface area (Å²) < 4.78 is 5.88. The topological polar surface area (TPSA) is 64.1 Å². The molecule has 0 aromatic carbocycles. The number of anilines is 1. The number of carbonyl (C=O) groups excluding carboxylic acids is 1. The molecule has 0 bridgehead atoms. The Balaban J connectivity index is 2.26. The zero-order chi connectivity index (χ0) is 14.0. The SMILES string of the molecule is COc1nc(C)c(NC(=O)c2cc(Br)cs2)c(C)n1. The van der Waals surface area contributed by atoms with E-state index < -0.39 is 0 Å². The van der Waals surface area contributed by atoms with E-state index in [2.05, 4.69) is 31.2 Å². The molecule has 0 atom stereocenters. The monoisotopic (exact) mass is 341 g/mol. The normalized spacial score (nSPS) is 10.3. The number of amides is 1. The van der Waals surface area contributed by atoms with Gasteiger partial charge in [0.2, 0.25) is 0 Å². The molecule has 5 nitrogen and oxygen atoms in total. The van der Waals surface area contributed by atoms with Gasteiger partial charge in [-0.2, -0.15) is 9.97 Å². The van der Waals surface area contributed by atoms with Gasteiger partial charge in [0, 0.05) is 9.85 Å². The van der Waals surface area contributed by atoms with Crippen molar-refractivity contribution in [2.45, 2.75) is 13.8 Å². The number of ether oxygens (including phenoxy) is 1. The van der Waals surface area contributed by atoms with E-state index in [-0.39, 0.29) is 5.91 Å². The molecular formula is C12H12BrN3O2S. The molecule has 0 spiro atoms. The van der Waals surface area contributed by atoms with Crippen LogP contribution >= 0.6 is 27.3 Å². The molecule has 0 saturated carbocycles. The van der Waals surface area contributed by atoms with Crippen LogP contribution in [0.25, 0.3) is 0 Å². The molecule has 2 heterocycles. The molecular weight excluding hydrogens is 330 g/mol. The molecule has 2 aromatic rings. The number of thiophene rings is 1. The highest BCUT2D eigenvalue weighted by Gasteiger charge is 2.14. The summed E-state index contributed by atoms with van der Waals surface area (Å²) in [5, 5.41) is 4.69. The lowest BCUT2D eigenvalue weighted by atomic mass is 10.2. The van der Waals surface area contributed by atoms with Crippen molar-refractivity contribution in [3.05, 3.63) is 32.2 Å². The number of aromatic nitrogens is 2. The second-order valence-electron chi connectivity index (χ2n) is 3.84. The average Bonchev–Trinajstić information content (AvgIpc) is 2.80. The van der Waals surface area contributed by atoms with Crippen molar-refractivity contribution >= 4 is 38.9 Å². The first-order valence-corrected chi connectivity index (χ1v) is 7.13. The number of methoxy groups -OCH3 is 1. The van der Waals surface area contributed by atoms with E-state index >= 15 is 0 Å². The first-order chi connectivity index (χ1) is 9.01. The van der Waals surface area contributed by atoms with Crippen molar-refractivity contribution in [2.75, 3.05) is 12.4 Å². The Labute approximate surface area is 123 Å². The molecule has 0 aliphatic carbocycles. The predicted molar refractivity (Wildman–Crippen MR) is 78.0 cm³/mol. The predicted octanol–water partition coefficient (Wildman–Crippen LogP) is 3.18. The maximum absolute atomic E-state index is 12.1. The molecule has 7 heteroatoms. The van der Waals surface area contributed by atoms with E-state index in [1.54, 1.807) is 19.9 Å². The van der Waals surface area contributed by atoms with Gasteiger partial charge in [-0.3, -0.25) is 4.79 Å². The van der Waals surface area contributed by atoms with Crippen LogP contribution in [0.2, 0.25) is 0 Å². The second-order valence-corrected chi connectivity index (χ2v) is 5.67. The molecule has 0 unspecified atom stereocenters. The van der Waals surface area contributed by atoms with Crippen molar-refractivity contribution in [1.82, 2.24) is 9.97 Å². The van der Waals surface area contributed by atoms with Gasteiger partial charge in [-0.1, -0.05) is 0 Å². The van der Waals surface area contributed by atoms with Gasteiger partial charge in [0.1, 0.15) is 0 Å². The summed E-state index contributed by atoms with van der Waals surface area (Å²) in [6.45, 7) is 3.61. The van der Waals surface area contributed by atoms with Crippen LogP contribution in [-0.2, 0) is 0 Å². The number of rotatable bonds is 3. The van der Waals surface area contributed by atoms with Gasteiger partial charge in [-0.15, -0.1) is 11.3 Å². The van der Waals surface area contributed by atoms with Gasteiger partial charge >= 0.3 is 6.01 Å². The fourth-order valence-corrected chi connectivity index (χ4v) is 2.89. The second kappa shape index (κ2) is 5.66. The van der Waals surface area contributed by atoms with Crippen LogP contribution in [0.1, 0.15) is 21.1 Å². The summed E-state index contributed by atoms with van der Waals surface area (Å²) in [6.07, 6.45) is 0. The molecule has 0 saturated heterocycles. The Morgan fingerprint density at radius 2 is 2.00 bits per heavy atom. The third-order valence-electron chi connectivity index (χ3n) is 2.46. The molecule has 1 N–H and O–H groups in total. The Morgan fingerprint density at radius 3 is 2.47 bits per heavy atom. The summed E-state index contributed by atoms with van der Waals surface area (Å²) in [4.78, 5) is 21.0. The molecule has 0 radical (unpaired) electrons. The minimum Gasteiger partial charge on any atom is -0.467 e. The zero-order valence-electron chi connectivity index (χ0n) is 10.7. The Hall–Kier alpha value is -1.47. The summed E-state index contributed by atoms with van der Waals surface area (Å²) in [6, 6.07) is 2.07. The van der Waals surface area contributed by atoms with Crippen molar-refractivity contribution in [1.29, 1.82) is 0 Å². The summed E-state index contributed by atoms with van der Waals surface area (Å²) in [5.41, 5.74) is 1.97. The van der Waals surface area contributed by atoms with Gasteiger partial charge in [0.05, 0.1) is 29.1 Å². The first kappa shape index (κ1) is 14.0. The highest BCUT2D eigenvalue weighted by Crippen LogP contribution is 2.23. The van der Waals surface area contributed by atoms with E-state index in [9.17, 15) is 4.79 Å². The molecule has 0 aliphatic heterocycles. The zero-order valence-corrected chi connectivity index (χ0v) is 13.1. The van der Waals surface area contributed by atoms with Crippen LogP contribution in [0.5, 0.6) is 6.01 Å². The largest absolute Gasteiger partial charge is 0.467 e. The fourth-order valence-electron chi connectivity index (χ4n) is 1.56. The Bertz CT molecular complexity index is 604. The van der Waals surface area contributed by atoms with E-state index in [0.29, 0.717) is 28.0 Å². The minimum absolute atomic E-state index is 0.171. The lowest BCUT2D eigenvalue weighted by Crippen LogP contribution is -2.14. The molecule has 19 heavy (non-hydrogen) atoms. The van der Waals surface area contributed by atoms with E-state index in [1.807, 2.05) is 5.38 Å². The first-order valence-electron chi connectivity index (χ1n) is 5.46. The molecule has 1 amide bonds. The molecule has 100 valence electrons. The van der Waals surface area contributed by atoms with Crippen LogP contribution in [0.3, 0.4) is 0 Å². The molecule has 0 aliphatic rings. The van der Waals surface area contributed by atoms with Crippen LogP contribution in [-0.4, -0.2) is 23.0 Å². The van der Waals surface area contributed by atoms with Gasteiger partial charge in [0.15, 0.2) is 0 Å². The van der Waals surface area contributed by atoms with E-state index in [4.69, 9.17) is 4.74 Å². The fraction of sp³-hybridized carbons (Fsp3) is 0.250. The van der Waals surface area contributed by atoms with Crippen molar-refractivity contribution in [2.24, 2.45) is 0 Å². The molecule has 2 aromatic heterocycles. The number of nitrogens with zero attached hydrogens (tertiary/aromatic N) is 2. The van der Waals surface area contributed by atoms with Crippen molar-refractivity contribution in [3.63, 3.8) is 0 Å². The summed E-state index contributed by atoms with van der Waals surface area (Å²) in [5.74, 6) is -0.171. The number of carbonyl (C=O) groups is 1. The van der Waals surface area contributed by atoms with Gasteiger partial charge in [-0.25, -0.2) is 0 Å². The third kappa shape index (κ3) is 3.10. The van der Waals surface area contributed by atoms with Crippen LogP contribution < -0.4 is 10.1 Å². The smallest absolute Gasteiger partial charge is 0.316 e. The van der Waals surface area contributed by atoms with Crippen LogP contribution in [0, 0.1) is 13.8 Å². The number of aryl methyl sites for hydroxylation is 2. The molecule has 2 rings (SSSR count). The minimum atomic E-state index is -0.171. The van der Waals surface area contributed by atoms with Gasteiger partial charge in [-0.05, 0) is 35.8 Å².